The van der Waals surface area contributed by atoms with Gasteiger partial charge in [0.05, 0.1) is 18.1 Å². The van der Waals surface area contributed by atoms with Gasteiger partial charge in [0.2, 0.25) is 10.0 Å². The van der Waals surface area contributed by atoms with Crippen LogP contribution in [0.3, 0.4) is 0 Å². The second-order valence-electron chi connectivity index (χ2n) is 8.48. The molecule has 2 aliphatic rings. The highest BCUT2D eigenvalue weighted by Gasteiger charge is 2.29. The molecule has 0 aliphatic carbocycles. The van der Waals surface area contributed by atoms with Gasteiger partial charge in [0.25, 0.3) is 5.91 Å². The van der Waals surface area contributed by atoms with Crippen molar-refractivity contribution in [3.8, 4) is 0 Å². The topological polar surface area (TPSA) is 79.0 Å². The number of carbonyl (C=O) groups excluding carboxylic acids is 1. The molecule has 2 fully saturated rings. The number of sulfonamides is 1. The van der Waals surface area contributed by atoms with E-state index in [-0.39, 0.29) is 10.8 Å². The van der Waals surface area contributed by atoms with E-state index in [1.54, 1.807) is 19.1 Å². The molecule has 0 aromatic heterocycles. The lowest BCUT2D eigenvalue weighted by Crippen LogP contribution is -2.35. The molecule has 1 N–H and O–H groups in total. The monoisotopic (exact) mass is 457 g/mol. The lowest BCUT2D eigenvalue weighted by atomic mass is 10.1. The highest BCUT2D eigenvalue weighted by molar-refractivity contribution is 7.89. The predicted octanol–water partition coefficient (Wildman–Crippen LogP) is 2.54. The molecule has 4 rings (SSSR count). The Hall–Kier alpha value is -2.26. The third kappa shape index (κ3) is 5.38. The van der Waals surface area contributed by atoms with Gasteiger partial charge in [-0.25, -0.2) is 8.42 Å². The Bertz CT molecular complexity index is 1040. The van der Waals surface area contributed by atoms with Crippen molar-refractivity contribution < 1.29 is 17.9 Å². The Morgan fingerprint density at radius 1 is 0.969 bits per heavy atom. The van der Waals surface area contributed by atoms with Crippen LogP contribution in [0.25, 0.3) is 0 Å². The standard InChI is InChI=1S/C24H31N3O4S/c1-19-4-9-22(16-23(19)32(29,30)27-10-2-3-11-27)24(28)25-17-20-5-7-21(8-6-20)18-26-12-14-31-15-13-26/h4-9,16H,2-3,10-15,17-18H2,1H3,(H,25,28). The van der Waals surface area contributed by atoms with Gasteiger partial charge in [-0.2, -0.15) is 4.31 Å². The lowest BCUT2D eigenvalue weighted by molar-refractivity contribution is 0.0342. The molecule has 1 amide bonds. The maximum Gasteiger partial charge on any atom is 0.251 e. The zero-order valence-corrected chi connectivity index (χ0v) is 19.4. The third-order valence-electron chi connectivity index (χ3n) is 6.12. The zero-order chi connectivity index (χ0) is 22.6. The van der Waals surface area contributed by atoms with Gasteiger partial charge in [-0.1, -0.05) is 30.3 Å². The van der Waals surface area contributed by atoms with E-state index in [9.17, 15) is 13.2 Å². The number of nitrogens with zero attached hydrogens (tertiary/aromatic N) is 2. The average Bonchev–Trinajstić information content (AvgIpc) is 3.35. The predicted molar refractivity (Wildman–Crippen MR) is 123 cm³/mol. The number of hydrogen-bond acceptors (Lipinski definition) is 5. The van der Waals surface area contributed by atoms with E-state index in [0.717, 1.165) is 51.3 Å². The molecule has 8 heteroatoms. The summed E-state index contributed by atoms with van der Waals surface area (Å²) in [6.07, 6.45) is 1.76. The van der Waals surface area contributed by atoms with Crippen LogP contribution in [0.15, 0.2) is 47.4 Å². The number of rotatable bonds is 7. The number of aryl methyl sites for hydroxylation is 1. The Labute approximate surface area is 190 Å². The van der Waals surface area contributed by atoms with Crippen molar-refractivity contribution >= 4 is 15.9 Å². The van der Waals surface area contributed by atoms with Crippen molar-refractivity contribution in [2.24, 2.45) is 0 Å². The van der Waals surface area contributed by atoms with Crippen LogP contribution in [-0.2, 0) is 27.8 Å². The van der Waals surface area contributed by atoms with E-state index in [1.165, 1.54) is 15.9 Å². The summed E-state index contributed by atoms with van der Waals surface area (Å²) in [5.74, 6) is -0.278. The van der Waals surface area contributed by atoms with Crippen molar-refractivity contribution in [2.45, 2.75) is 37.8 Å². The molecule has 32 heavy (non-hydrogen) atoms. The average molecular weight is 458 g/mol. The first-order chi connectivity index (χ1) is 15.4. The molecule has 2 heterocycles. The van der Waals surface area contributed by atoms with Gasteiger partial charge in [-0.3, -0.25) is 9.69 Å². The Balaban J connectivity index is 1.37. The van der Waals surface area contributed by atoms with Crippen molar-refractivity contribution in [3.63, 3.8) is 0 Å². The molecule has 0 unspecified atom stereocenters. The summed E-state index contributed by atoms with van der Waals surface area (Å²) in [7, 11) is -3.57. The summed E-state index contributed by atoms with van der Waals surface area (Å²) < 4.78 is 32.8. The molecular formula is C24H31N3O4S. The van der Waals surface area contributed by atoms with Crippen LogP contribution < -0.4 is 5.32 Å². The molecule has 0 atom stereocenters. The maximum absolute atomic E-state index is 13.0. The SMILES string of the molecule is Cc1ccc(C(=O)NCc2ccc(CN3CCOCC3)cc2)cc1S(=O)(=O)N1CCCC1. The van der Waals surface area contributed by atoms with Crippen molar-refractivity contribution in [1.82, 2.24) is 14.5 Å². The first-order valence-corrected chi connectivity index (χ1v) is 12.6. The number of carbonyl (C=O) groups is 1. The fourth-order valence-corrected chi connectivity index (χ4v) is 5.92. The van der Waals surface area contributed by atoms with Crippen LogP contribution in [-0.4, -0.2) is 62.9 Å². The maximum atomic E-state index is 13.0. The second kappa shape index (κ2) is 10.1. The smallest absolute Gasteiger partial charge is 0.251 e. The molecule has 0 spiro atoms. The van der Waals surface area contributed by atoms with E-state index < -0.39 is 10.0 Å². The van der Waals surface area contributed by atoms with Crippen molar-refractivity contribution in [2.75, 3.05) is 39.4 Å². The summed E-state index contributed by atoms with van der Waals surface area (Å²) in [6, 6.07) is 13.1. The van der Waals surface area contributed by atoms with Gasteiger partial charge in [0.15, 0.2) is 0 Å². The number of amides is 1. The highest BCUT2D eigenvalue weighted by Crippen LogP contribution is 2.24. The van der Waals surface area contributed by atoms with Crippen LogP contribution in [0.4, 0.5) is 0 Å². The van der Waals surface area contributed by atoms with Crippen molar-refractivity contribution in [3.05, 3.63) is 64.7 Å². The van der Waals surface area contributed by atoms with Crippen LogP contribution >= 0.6 is 0 Å². The van der Waals surface area contributed by atoms with Crippen LogP contribution in [0.1, 0.15) is 39.9 Å². The van der Waals surface area contributed by atoms with Crippen LogP contribution in [0.2, 0.25) is 0 Å². The fourth-order valence-electron chi connectivity index (χ4n) is 4.15. The van der Waals surface area contributed by atoms with Gasteiger partial charge < -0.3 is 10.1 Å². The minimum atomic E-state index is -3.57. The molecule has 0 saturated carbocycles. The van der Waals surface area contributed by atoms with E-state index in [4.69, 9.17) is 4.74 Å². The molecule has 0 bridgehead atoms. The van der Waals surface area contributed by atoms with Gasteiger partial charge in [0.1, 0.15) is 0 Å². The lowest BCUT2D eigenvalue weighted by Gasteiger charge is -2.26. The highest BCUT2D eigenvalue weighted by atomic mass is 32.2. The Morgan fingerprint density at radius 2 is 1.62 bits per heavy atom. The van der Waals surface area contributed by atoms with Crippen molar-refractivity contribution in [1.29, 1.82) is 0 Å². The summed E-state index contributed by atoms with van der Waals surface area (Å²) in [5.41, 5.74) is 3.25. The summed E-state index contributed by atoms with van der Waals surface area (Å²) >= 11 is 0. The van der Waals surface area contributed by atoms with Gasteiger partial charge >= 0.3 is 0 Å². The molecule has 2 aliphatic heterocycles. The number of hydrogen-bond donors (Lipinski definition) is 1. The second-order valence-corrected chi connectivity index (χ2v) is 10.4. The largest absolute Gasteiger partial charge is 0.379 e. The van der Waals surface area contributed by atoms with E-state index in [1.807, 2.05) is 12.1 Å². The Kier molecular flexibility index (Phi) is 7.25. The Morgan fingerprint density at radius 3 is 2.31 bits per heavy atom. The molecule has 7 nitrogen and oxygen atoms in total. The first kappa shape index (κ1) is 22.9. The first-order valence-electron chi connectivity index (χ1n) is 11.2. The molecule has 172 valence electrons. The van der Waals surface area contributed by atoms with Crippen LogP contribution in [0.5, 0.6) is 0 Å². The van der Waals surface area contributed by atoms with Gasteiger partial charge in [-0.05, 0) is 48.6 Å². The summed E-state index contributed by atoms with van der Waals surface area (Å²) in [5, 5.41) is 2.91. The van der Waals surface area contributed by atoms with Crippen LogP contribution in [0, 0.1) is 6.92 Å². The normalized spacial score (nSPS) is 18.0. The third-order valence-corrected chi connectivity index (χ3v) is 8.16. The zero-order valence-electron chi connectivity index (χ0n) is 18.5. The number of ether oxygens (including phenoxy) is 1. The molecule has 0 radical (unpaired) electrons. The van der Waals surface area contributed by atoms with Gasteiger partial charge in [-0.15, -0.1) is 0 Å². The molecule has 2 aromatic rings. The van der Waals surface area contributed by atoms with E-state index in [0.29, 0.717) is 30.8 Å². The fraction of sp³-hybridized carbons (Fsp3) is 0.458. The minimum absolute atomic E-state index is 0.222. The van der Waals surface area contributed by atoms with E-state index in [2.05, 4.69) is 22.3 Å². The quantitative estimate of drug-likeness (QED) is 0.691. The number of morpholine rings is 1. The molecule has 2 saturated heterocycles. The summed E-state index contributed by atoms with van der Waals surface area (Å²) in [6.45, 7) is 7.59. The summed E-state index contributed by atoms with van der Waals surface area (Å²) in [4.78, 5) is 15.3. The minimum Gasteiger partial charge on any atom is -0.379 e. The number of nitrogens with one attached hydrogen (secondary N) is 1. The molecular weight excluding hydrogens is 426 g/mol. The van der Waals surface area contributed by atoms with Gasteiger partial charge in [0, 0.05) is 44.8 Å². The number of benzene rings is 2. The molecule has 2 aromatic carbocycles. The van der Waals surface area contributed by atoms with E-state index >= 15 is 0 Å².